The molecule has 1 amide bonds. The lowest BCUT2D eigenvalue weighted by atomic mass is 10.0. The normalized spacial score (nSPS) is 19.0. The van der Waals surface area contributed by atoms with E-state index in [1.165, 1.54) is 22.4 Å². The van der Waals surface area contributed by atoms with Crippen LogP contribution in [0, 0.1) is 0 Å². The zero-order valence-electron chi connectivity index (χ0n) is 13.3. The van der Waals surface area contributed by atoms with Crippen LogP contribution in [-0.2, 0) is 4.79 Å². The highest BCUT2D eigenvalue weighted by Crippen LogP contribution is 2.37. The minimum absolute atomic E-state index is 0.200. The summed E-state index contributed by atoms with van der Waals surface area (Å²) in [5, 5.41) is 10.0. The summed E-state index contributed by atoms with van der Waals surface area (Å²) in [4.78, 5) is 30.4. The quantitative estimate of drug-likeness (QED) is 0.905. The van der Waals surface area contributed by atoms with Gasteiger partial charge in [-0.05, 0) is 37.5 Å². The maximum atomic E-state index is 12.7. The van der Waals surface area contributed by atoms with Gasteiger partial charge in [0, 0.05) is 12.1 Å². The van der Waals surface area contributed by atoms with Gasteiger partial charge >= 0.3 is 5.97 Å². The molecule has 130 valence electrons. The fourth-order valence-corrected chi connectivity index (χ4v) is 3.98. The number of aromatic nitrogens is 1. The second-order valence-corrected chi connectivity index (χ2v) is 6.98. The summed E-state index contributed by atoms with van der Waals surface area (Å²) in [5.41, 5.74) is 0.835. The van der Waals surface area contributed by atoms with Crippen LogP contribution in [0.1, 0.15) is 28.9 Å². The monoisotopic (exact) mass is 360 g/mol. The Morgan fingerprint density at radius 1 is 1.24 bits per heavy atom. The molecule has 2 aliphatic rings. The van der Waals surface area contributed by atoms with Gasteiger partial charge in [-0.25, -0.2) is 9.78 Å². The molecule has 1 atom stereocenters. The summed E-state index contributed by atoms with van der Waals surface area (Å²) < 4.78 is 10.7. The summed E-state index contributed by atoms with van der Waals surface area (Å²) >= 11 is 1.26. The van der Waals surface area contributed by atoms with Crippen molar-refractivity contribution in [1.82, 2.24) is 9.88 Å². The fourth-order valence-electron chi connectivity index (χ4n) is 3.11. The van der Waals surface area contributed by atoms with Gasteiger partial charge in [0.15, 0.2) is 11.5 Å². The Morgan fingerprint density at radius 2 is 2.08 bits per heavy atom. The third-order valence-electron chi connectivity index (χ3n) is 4.38. The number of carbonyl (C=O) groups is 2. The minimum atomic E-state index is -0.950. The van der Waals surface area contributed by atoms with E-state index in [-0.39, 0.29) is 12.7 Å². The molecule has 0 bridgehead atoms. The van der Waals surface area contributed by atoms with Crippen LogP contribution in [0.5, 0.6) is 11.5 Å². The molecule has 0 unspecified atom stereocenters. The van der Waals surface area contributed by atoms with Crippen molar-refractivity contribution >= 4 is 23.2 Å². The second-order valence-electron chi connectivity index (χ2n) is 5.95. The van der Waals surface area contributed by atoms with E-state index in [1.807, 2.05) is 18.2 Å². The van der Waals surface area contributed by atoms with E-state index in [4.69, 9.17) is 9.47 Å². The van der Waals surface area contributed by atoms with Gasteiger partial charge in [0.2, 0.25) is 6.79 Å². The summed E-state index contributed by atoms with van der Waals surface area (Å²) in [6.07, 6.45) is 3.66. The number of thiazole rings is 1. The van der Waals surface area contributed by atoms with Crippen LogP contribution in [-0.4, -0.2) is 46.2 Å². The number of ether oxygens (including phenoxy) is 2. The first kappa shape index (κ1) is 15.9. The van der Waals surface area contributed by atoms with Gasteiger partial charge in [0.1, 0.15) is 15.9 Å². The highest BCUT2D eigenvalue weighted by Gasteiger charge is 2.33. The number of likely N-dealkylation sites (tertiary alicyclic amines) is 1. The van der Waals surface area contributed by atoms with Crippen molar-refractivity contribution in [3.05, 3.63) is 29.3 Å². The molecular formula is C17H16N2O5S. The van der Waals surface area contributed by atoms with Crippen molar-refractivity contribution in [2.75, 3.05) is 13.3 Å². The van der Waals surface area contributed by atoms with Gasteiger partial charge in [-0.3, -0.25) is 4.79 Å². The van der Waals surface area contributed by atoms with Gasteiger partial charge < -0.3 is 19.5 Å². The number of amides is 1. The predicted octanol–water partition coefficient (Wildman–Crippen LogP) is 2.62. The number of carbonyl (C=O) groups excluding carboxylic acids is 1. The molecule has 1 saturated heterocycles. The van der Waals surface area contributed by atoms with Crippen LogP contribution in [0.3, 0.4) is 0 Å². The number of rotatable bonds is 3. The smallest absolute Gasteiger partial charge is 0.326 e. The summed E-state index contributed by atoms with van der Waals surface area (Å²) in [6.45, 7) is 0.666. The number of piperidine rings is 1. The number of carboxylic acids is 1. The number of fused-ring (bicyclic) bond motifs is 1. The van der Waals surface area contributed by atoms with Gasteiger partial charge in [0.05, 0.1) is 6.20 Å². The van der Waals surface area contributed by atoms with Gasteiger partial charge in [-0.1, -0.05) is 0 Å². The van der Waals surface area contributed by atoms with Gasteiger partial charge in [0.25, 0.3) is 5.91 Å². The van der Waals surface area contributed by atoms with Crippen molar-refractivity contribution in [3.8, 4) is 22.1 Å². The Hall–Kier alpha value is -2.61. The molecule has 0 aliphatic carbocycles. The molecule has 1 aromatic heterocycles. The third-order valence-corrected chi connectivity index (χ3v) is 5.42. The number of aliphatic carboxylic acids is 1. The number of benzene rings is 1. The summed E-state index contributed by atoms with van der Waals surface area (Å²) in [7, 11) is 0. The first-order valence-electron chi connectivity index (χ1n) is 8.03. The summed E-state index contributed by atoms with van der Waals surface area (Å²) in [6, 6.07) is 4.75. The Morgan fingerprint density at radius 3 is 2.92 bits per heavy atom. The standard InChI is InChI=1S/C17H16N2O5S/c20-16(19-6-2-1-3-11(19)17(21)22)14-8-18-15(25-14)10-4-5-12-13(7-10)24-9-23-12/h4-5,7-8,11H,1-3,6,9H2,(H,21,22)/t11-/m1/s1. The SMILES string of the molecule is O=C(O)[C@H]1CCCCN1C(=O)c1cnc(-c2ccc3c(c2)OCO3)s1. The number of hydrogen-bond acceptors (Lipinski definition) is 6. The zero-order valence-corrected chi connectivity index (χ0v) is 14.1. The number of carboxylic acid groups (broad SMARTS) is 1. The van der Waals surface area contributed by atoms with Crippen LogP contribution in [0.2, 0.25) is 0 Å². The molecule has 0 spiro atoms. The lowest BCUT2D eigenvalue weighted by Crippen LogP contribution is -2.47. The molecule has 8 heteroatoms. The topological polar surface area (TPSA) is 89.0 Å². The molecular weight excluding hydrogens is 344 g/mol. The maximum Gasteiger partial charge on any atom is 0.326 e. The van der Waals surface area contributed by atoms with Crippen molar-refractivity contribution in [1.29, 1.82) is 0 Å². The Labute approximate surface area is 147 Å². The first-order chi connectivity index (χ1) is 12.1. The Balaban J connectivity index is 1.58. The predicted molar refractivity (Wildman–Crippen MR) is 90.0 cm³/mol. The number of nitrogens with zero attached hydrogens (tertiary/aromatic N) is 2. The molecule has 1 aromatic carbocycles. The third kappa shape index (κ3) is 2.93. The van der Waals surface area contributed by atoms with Crippen molar-refractivity contribution in [2.45, 2.75) is 25.3 Å². The van der Waals surface area contributed by atoms with Crippen LogP contribution < -0.4 is 9.47 Å². The van der Waals surface area contributed by atoms with E-state index in [2.05, 4.69) is 4.98 Å². The summed E-state index contributed by atoms with van der Waals surface area (Å²) in [5.74, 6) is 0.127. The van der Waals surface area contributed by atoms with Gasteiger partial charge in [-0.2, -0.15) is 0 Å². The first-order valence-corrected chi connectivity index (χ1v) is 8.85. The molecule has 7 nitrogen and oxygen atoms in total. The lowest BCUT2D eigenvalue weighted by Gasteiger charge is -2.32. The molecule has 2 aliphatic heterocycles. The average Bonchev–Trinajstić information content (AvgIpc) is 3.29. The molecule has 2 aromatic rings. The van der Waals surface area contributed by atoms with E-state index in [9.17, 15) is 14.7 Å². The van der Waals surface area contributed by atoms with Crippen molar-refractivity contribution < 1.29 is 24.2 Å². The Kier molecular flexibility index (Phi) is 4.04. The highest BCUT2D eigenvalue weighted by molar-refractivity contribution is 7.16. The minimum Gasteiger partial charge on any atom is -0.480 e. The molecule has 1 N–H and O–H groups in total. The van der Waals surface area contributed by atoms with Crippen molar-refractivity contribution in [2.24, 2.45) is 0 Å². The van der Waals surface area contributed by atoms with Crippen LogP contribution in [0.15, 0.2) is 24.4 Å². The number of hydrogen-bond donors (Lipinski definition) is 1. The Bertz CT molecular complexity index is 834. The molecule has 25 heavy (non-hydrogen) atoms. The molecule has 4 rings (SSSR count). The largest absolute Gasteiger partial charge is 0.480 e. The van der Waals surface area contributed by atoms with Gasteiger partial charge in [-0.15, -0.1) is 11.3 Å². The van der Waals surface area contributed by atoms with Crippen LogP contribution >= 0.6 is 11.3 Å². The lowest BCUT2D eigenvalue weighted by molar-refractivity contribution is -0.143. The fraction of sp³-hybridized carbons (Fsp3) is 0.353. The molecule has 0 saturated carbocycles. The molecule has 1 fully saturated rings. The second kappa shape index (κ2) is 6.36. The molecule has 3 heterocycles. The molecule has 0 radical (unpaired) electrons. The van der Waals surface area contributed by atoms with E-state index in [0.29, 0.717) is 34.3 Å². The van der Waals surface area contributed by atoms with E-state index in [1.54, 1.807) is 0 Å². The average molecular weight is 360 g/mol. The highest BCUT2D eigenvalue weighted by atomic mass is 32.1. The van der Waals surface area contributed by atoms with Crippen molar-refractivity contribution in [3.63, 3.8) is 0 Å². The van der Waals surface area contributed by atoms with E-state index in [0.717, 1.165) is 18.4 Å². The van der Waals surface area contributed by atoms with E-state index < -0.39 is 12.0 Å². The van der Waals surface area contributed by atoms with E-state index >= 15 is 0 Å². The van der Waals surface area contributed by atoms with Crippen LogP contribution in [0.4, 0.5) is 0 Å². The maximum absolute atomic E-state index is 12.7. The zero-order chi connectivity index (χ0) is 17.4. The van der Waals surface area contributed by atoms with Crippen LogP contribution in [0.25, 0.3) is 10.6 Å².